The molecule has 0 spiro atoms. The SMILES string of the molecule is CN1CCCCC(C(=O)Cc2cc(-c3cccc(NCC4CCOCC4)n3)c(Cl)cn2)C1. The molecule has 1 unspecified atom stereocenters. The number of nitrogens with zero attached hydrogens (tertiary/aromatic N) is 3. The Bertz CT molecular complexity index is 917. The van der Waals surface area contributed by atoms with Crippen molar-refractivity contribution in [2.75, 3.05) is 45.2 Å². The molecule has 2 aliphatic rings. The Morgan fingerprint density at radius 2 is 2.09 bits per heavy atom. The minimum atomic E-state index is 0.0827. The summed E-state index contributed by atoms with van der Waals surface area (Å²) >= 11 is 6.48. The van der Waals surface area contributed by atoms with Gasteiger partial charge in [0.25, 0.3) is 0 Å². The van der Waals surface area contributed by atoms with Crippen LogP contribution in [0.4, 0.5) is 5.82 Å². The van der Waals surface area contributed by atoms with Crippen LogP contribution < -0.4 is 5.32 Å². The number of ketones is 1. The minimum Gasteiger partial charge on any atom is -0.381 e. The zero-order chi connectivity index (χ0) is 22.3. The predicted octanol–water partition coefficient (Wildman–Crippen LogP) is 4.48. The summed E-state index contributed by atoms with van der Waals surface area (Å²) in [6.07, 6.45) is 7.37. The number of carbonyl (C=O) groups is 1. The quantitative estimate of drug-likeness (QED) is 0.662. The van der Waals surface area contributed by atoms with E-state index < -0.39 is 0 Å². The van der Waals surface area contributed by atoms with E-state index in [9.17, 15) is 4.79 Å². The van der Waals surface area contributed by atoms with Gasteiger partial charge in [-0.05, 0) is 63.4 Å². The number of carbonyl (C=O) groups excluding carboxylic acids is 1. The molecule has 0 aliphatic carbocycles. The molecule has 0 bridgehead atoms. The van der Waals surface area contributed by atoms with E-state index >= 15 is 0 Å². The van der Waals surface area contributed by atoms with Crippen molar-refractivity contribution in [2.45, 2.75) is 38.5 Å². The third-order valence-corrected chi connectivity index (χ3v) is 6.84. The van der Waals surface area contributed by atoms with Gasteiger partial charge in [0.2, 0.25) is 0 Å². The lowest BCUT2D eigenvalue weighted by Gasteiger charge is -2.22. The first-order valence-corrected chi connectivity index (χ1v) is 12.1. The molecule has 2 aromatic rings. The molecular weight excluding hydrogens is 424 g/mol. The number of ether oxygens (including phenoxy) is 1. The molecule has 4 rings (SSSR count). The molecule has 4 heterocycles. The molecule has 7 heteroatoms. The van der Waals surface area contributed by atoms with Crippen LogP contribution in [-0.4, -0.2) is 60.5 Å². The van der Waals surface area contributed by atoms with Crippen molar-refractivity contribution in [3.63, 3.8) is 0 Å². The van der Waals surface area contributed by atoms with Gasteiger partial charge in [0, 0.05) is 56.1 Å². The topological polar surface area (TPSA) is 67.4 Å². The van der Waals surface area contributed by atoms with Crippen LogP contribution in [0.25, 0.3) is 11.3 Å². The largest absolute Gasteiger partial charge is 0.381 e. The number of pyridine rings is 2. The monoisotopic (exact) mass is 456 g/mol. The second kappa shape index (κ2) is 11.2. The number of likely N-dealkylation sites (tertiary alicyclic amines) is 1. The molecule has 172 valence electrons. The van der Waals surface area contributed by atoms with Crippen molar-refractivity contribution in [3.05, 3.63) is 41.2 Å². The summed E-state index contributed by atoms with van der Waals surface area (Å²) in [6, 6.07) is 7.83. The van der Waals surface area contributed by atoms with E-state index in [-0.39, 0.29) is 11.7 Å². The van der Waals surface area contributed by atoms with Crippen molar-refractivity contribution < 1.29 is 9.53 Å². The Hall–Kier alpha value is -2.02. The molecular formula is C25H33ClN4O2. The number of hydrogen-bond acceptors (Lipinski definition) is 6. The highest BCUT2D eigenvalue weighted by molar-refractivity contribution is 6.33. The number of halogens is 1. The zero-order valence-electron chi connectivity index (χ0n) is 18.9. The van der Waals surface area contributed by atoms with Crippen LogP contribution in [-0.2, 0) is 16.0 Å². The molecule has 0 aromatic carbocycles. The number of aromatic nitrogens is 2. The highest BCUT2D eigenvalue weighted by Gasteiger charge is 2.23. The summed E-state index contributed by atoms with van der Waals surface area (Å²) in [5.41, 5.74) is 2.36. The van der Waals surface area contributed by atoms with Gasteiger partial charge in [-0.25, -0.2) is 4.98 Å². The van der Waals surface area contributed by atoms with Gasteiger partial charge in [0.1, 0.15) is 11.6 Å². The predicted molar refractivity (Wildman–Crippen MR) is 128 cm³/mol. The second-order valence-electron chi connectivity index (χ2n) is 9.10. The normalized spacial score (nSPS) is 20.6. The fourth-order valence-electron chi connectivity index (χ4n) is 4.57. The summed E-state index contributed by atoms with van der Waals surface area (Å²) in [5, 5.41) is 4.01. The van der Waals surface area contributed by atoms with Crippen molar-refractivity contribution in [2.24, 2.45) is 11.8 Å². The first-order chi connectivity index (χ1) is 15.6. The first kappa shape index (κ1) is 23.1. The molecule has 0 radical (unpaired) electrons. The van der Waals surface area contributed by atoms with Gasteiger partial charge in [-0.2, -0.15) is 0 Å². The first-order valence-electron chi connectivity index (χ1n) is 11.7. The maximum absolute atomic E-state index is 13.0. The Labute approximate surface area is 195 Å². The number of nitrogens with one attached hydrogen (secondary N) is 1. The maximum Gasteiger partial charge on any atom is 0.143 e. The van der Waals surface area contributed by atoms with E-state index in [1.54, 1.807) is 6.20 Å². The van der Waals surface area contributed by atoms with Crippen molar-refractivity contribution in [1.82, 2.24) is 14.9 Å². The molecule has 2 fully saturated rings. The molecule has 6 nitrogen and oxygen atoms in total. The molecule has 2 saturated heterocycles. The van der Waals surface area contributed by atoms with E-state index in [2.05, 4.69) is 22.2 Å². The lowest BCUT2D eigenvalue weighted by molar-refractivity contribution is -0.122. The van der Waals surface area contributed by atoms with Crippen molar-refractivity contribution >= 4 is 23.2 Å². The smallest absolute Gasteiger partial charge is 0.143 e. The van der Waals surface area contributed by atoms with Crippen LogP contribution in [0, 0.1) is 11.8 Å². The molecule has 32 heavy (non-hydrogen) atoms. The van der Waals surface area contributed by atoms with E-state index in [1.807, 2.05) is 24.3 Å². The van der Waals surface area contributed by atoms with Gasteiger partial charge in [0.05, 0.1) is 10.7 Å². The standard InChI is InChI=1S/C25H33ClN4O2/c1-30-10-3-2-5-19(17-30)24(31)14-20-13-21(22(26)16-27-20)23-6-4-7-25(29-23)28-15-18-8-11-32-12-9-18/h4,6-7,13,16,18-19H,2-3,5,8-12,14-15,17H2,1H3,(H,28,29). The second-order valence-corrected chi connectivity index (χ2v) is 9.51. The van der Waals surface area contributed by atoms with Crippen LogP contribution in [0.5, 0.6) is 0 Å². The number of rotatable bonds is 7. The fourth-order valence-corrected chi connectivity index (χ4v) is 4.77. The van der Waals surface area contributed by atoms with Crippen LogP contribution in [0.3, 0.4) is 0 Å². The Morgan fingerprint density at radius 1 is 1.25 bits per heavy atom. The Balaban J connectivity index is 1.44. The average molecular weight is 457 g/mol. The lowest BCUT2D eigenvalue weighted by atomic mass is 9.94. The van der Waals surface area contributed by atoms with E-state index in [0.717, 1.165) is 87.7 Å². The average Bonchev–Trinajstić information content (AvgIpc) is 3.04. The van der Waals surface area contributed by atoms with Crippen LogP contribution in [0.15, 0.2) is 30.5 Å². The molecule has 0 saturated carbocycles. The maximum atomic E-state index is 13.0. The Morgan fingerprint density at radius 3 is 2.94 bits per heavy atom. The highest BCUT2D eigenvalue weighted by Crippen LogP contribution is 2.28. The summed E-state index contributed by atoms with van der Waals surface area (Å²) in [7, 11) is 2.10. The highest BCUT2D eigenvalue weighted by atomic mass is 35.5. The third kappa shape index (κ3) is 6.27. The summed E-state index contributed by atoms with van der Waals surface area (Å²) in [5.74, 6) is 1.79. The van der Waals surface area contributed by atoms with Crippen molar-refractivity contribution in [3.8, 4) is 11.3 Å². The van der Waals surface area contributed by atoms with Crippen molar-refractivity contribution in [1.29, 1.82) is 0 Å². The minimum absolute atomic E-state index is 0.0827. The molecule has 1 atom stereocenters. The van der Waals surface area contributed by atoms with Gasteiger partial charge >= 0.3 is 0 Å². The molecule has 2 aromatic heterocycles. The summed E-state index contributed by atoms with van der Waals surface area (Å²) in [4.78, 5) is 24.4. The van der Waals surface area contributed by atoms with E-state index in [4.69, 9.17) is 21.3 Å². The van der Waals surface area contributed by atoms with Crippen LogP contribution in [0.2, 0.25) is 5.02 Å². The summed E-state index contributed by atoms with van der Waals surface area (Å²) < 4.78 is 5.44. The molecule has 2 aliphatic heterocycles. The van der Waals surface area contributed by atoms with Gasteiger partial charge in [-0.3, -0.25) is 9.78 Å². The van der Waals surface area contributed by atoms with Gasteiger partial charge in [0.15, 0.2) is 0 Å². The fraction of sp³-hybridized carbons (Fsp3) is 0.560. The third-order valence-electron chi connectivity index (χ3n) is 6.53. The number of Topliss-reactive ketones (excluding diaryl/α,β-unsaturated/α-hetero) is 1. The lowest BCUT2D eigenvalue weighted by Crippen LogP contribution is -2.29. The summed E-state index contributed by atoms with van der Waals surface area (Å²) in [6.45, 7) is 4.47. The zero-order valence-corrected chi connectivity index (χ0v) is 19.6. The molecule has 1 N–H and O–H groups in total. The van der Waals surface area contributed by atoms with Gasteiger partial charge in [-0.1, -0.05) is 24.1 Å². The number of anilines is 1. The number of hydrogen-bond donors (Lipinski definition) is 1. The van der Waals surface area contributed by atoms with Crippen LogP contribution >= 0.6 is 11.6 Å². The molecule has 0 amide bonds. The van der Waals surface area contributed by atoms with Crippen LogP contribution in [0.1, 0.15) is 37.8 Å². The van der Waals surface area contributed by atoms with Gasteiger partial charge < -0.3 is 15.0 Å². The van der Waals surface area contributed by atoms with E-state index in [1.165, 1.54) is 0 Å². The van der Waals surface area contributed by atoms with E-state index in [0.29, 0.717) is 17.4 Å². The Kier molecular flexibility index (Phi) is 8.11. The van der Waals surface area contributed by atoms with Gasteiger partial charge in [-0.15, -0.1) is 0 Å².